The Morgan fingerprint density at radius 2 is 1.86 bits per heavy atom. The van der Waals surface area contributed by atoms with Crippen LogP contribution >= 0.6 is 12.4 Å². The summed E-state index contributed by atoms with van der Waals surface area (Å²) in [6, 6.07) is 4.14. The third kappa shape index (κ3) is 2.82. The average molecular weight is 325 g/mol. The van der Waals surface area contributed by atoms with E-state index in [0.717, 1.165) is 48.4 Å². The number of benzene rings is 1. The van der Waals surface area contributed by atoms with E-state index in [0.29, 0.717) is 11.8 Å². The molecule has 0 bridgehead atoms. The molecule has 2 fully saturated rings. The predicted octanol–water partition coefficient (Wildman–Crippen LogP) is 2.54. The van der Waals surface area contributed by atoms with Crippen molar-refractivity contribution < 1.29 is 9.53 Å². The zero-order chi connectivity index (χ0) is 15.1. The lowest BCUT2D eigenvalue weighted by Crippen LogP contribution is -2.33. The molecule has 3 rings (SSSR count). The number of rotatable bonds is 2. The first kappa shape index (κ1) is 17.1. The summed E-state index contributed by atoms with van der Waals surface area (Å²) in [5.41, 5.74) is 8.94. The molecule has 0 spiro atoms. The number of methoxy groups -OCH3 is 1. The van der Waals surface area contributed by atoms with Gasteiger partial charge in [0.2, 0.25) is 0 Å². The van der Waals surface area contributed by atoms with Crippen molar-refractivity contribution in [3.63, 3.8) is 0 Å². The zero-order valence-electron chi connectivity index (χ0n) is 13.5. The Bertz CT molecular complexity index is 553. The highest BCUT2D eigenvalue weighted by Crippen LogP contribution is 2.37. The third-order valence-electron chi connectivity index (χ3n) is 5.11. The van der Waals surface area contributed by atoms with E-state index in [2.05, 4.69) is 0 Å². The van der Waals surface area contributed by atoms with Crippen molar-refractivity contribution in [3.8, 4) is 5.75 Å². The van der Waals surface area contributed by atoms with Gasteiger partial charge in [-0.3, -0.25) is 4.79 Å². The van der Waals surface area contributed by atoms with Crippen LogP contribution in [0.15, 0.2) is 12.1 Å². The van der Waals surface area contributed by atoms with Crippen molar-refractivity contribution in [2.45, 2.75) is 32.7 Å². The smallest absolute Gasteiger partial charge is 0.253 e. The summed E-state index contributed by atoms with van der Waals surface area (Å²) in [6.45, 7) is 5.64. The number of likely N-dealkylation sites (tertiary alicyclic amines) is 1. The second-order valence-electron chi connectivity index (χ2n) is 6.52. The van der Waals surface area contributed by atoms with Crippen LogP contribution in [0.2, 0.25) is 0 Å². The molecule has 2 N–H and O–H groups in total. The minimum absolute atomic E-state index is 0. The summed E-state index contributed by atoms with van der Waals surface area (Å²) >= 11 is 0. The van der Waals surface area contributed by atoms with Crippen LogP contribution in [0.25, 0.3) is 0 Å². The van der Waals surface area contributed by atoms with Crippen LogP contribution in [0.3, 0.4) is 0 Å². The topological polar surface area (TPSA) is 55.6 Å². The number of fused-ring (bicyclic) bond motifs is 1. The monoisotopic (exact) mass is 324 g/mol. The molecule has 1 aliphatic heterocycles. The molecular weight excluding hydrogens is 300 g/mol. The van der Waals surface area contributed by atoms with Crippen molar-refractivity contribution in [2.75, 3.05) is 20.2 Å². The Hall–Kier alpha value is -1.26. The normalized spacial score (nSPS) is 26.5. The van der Waals surface area contributed by atoms with Crippen LogP contribution < -0.4 is 10.5 Å². The Balaban J connectivity index is 0.00000176. The molecule has 3 unspecified atom stereocenters. The maximum atomic E-state index is 12.7. The summed E-state index contributed by atoms with van der Waals surface area (Å²) < 4.78 is 5.37. The van der Waals surface area contributed by atoms with Crippen LogP contribution in [-0.4, -0.2) is 37.0 Å². The lowest BCUT2D eigenvalue weighted by molar-refractivity contribution is 0.0779. The highest BCUT2D eigenvalue weighted by atomic mass is 35.5. The molecule has 4 nitrogen and oxygen atoms in total. The maximum Gasteiger partial charge on any atom is 0.253 e. The summed E-state index contributed by atoms with van der Waals surface area (Å²) in [4.78, 5) is 14.7. The number of carbonyl (C=O) groups excluding carboxylic acids is 1. The number of nitrogens with zero attached hydrogens (tertiary/aromatic N) is 1. The molecule has 0 radical (unpaired) electrons. The van der Waals surface area contributed by atoms with Crippen molar-refractivity contribution in [2.24, 2.45) is 17.6 Å². The van der Waals surface area contributed by atoms with E-state index in [4.69, 9.17) is 10.5 Å². The van der Waals surface area contributed by atoms with E-state index in [1.54, 1.807) is 7.11 Å². The van der Waals surface area contributed by atoms with Gasteiger partial charge in [-0.2, -0.15) is 0 Å². The standard InChI is InChI=1S/C17H24N2O2.ClH/c1-10-6-13(7-11(2)16(10)21-3)17(20)19-8-12-4-5-15(18)14(12)9-19;/h6-7,12,14-15H,4-5,8-9,18H2,1-3H3;1H. The van der Waals surface area contributed by atoms with Gasteiger partial charge in [0.25, 0.3) is 5.91 Å². The number of halogens is 1. The van der Waals surface area contributed by atoms with Crippen LogP contribution in [0.1, 0.15) is 34.3 Å². The molecule has 122 valence electrons. The van der Waals surface area contributed by atoms with Gasteiger partial charge in [-0.25, -0.2) is 0 Å². The van der Waals surface area contributed by atoms with Crippen molar-refractivity contribution in [1.29, 1.82) is 0 Å². The Morgan fingerprint density at radius 1 is 1.23 bits per heavy atom. The van der Waals surface area contributed by atoms with Gasteiger partial charge in [-0.15, -0.1) is 12.4 Å². The largest absolute Gasteiger partial charge is 0.496 e. The zero-order valence-corrected chi connectivity index (χ0v) is 14.3. The number of carbonyl (C=O) groups is 1. The predicted molar refractivity (Wildman–Crippen MR) is 89.8 cm³/mol. The fourth-order valence-electron chi connectivity index (χ4n) is 4.05. The van der Waals surface area contributed by atoms with E-state index in [1.807, 2.05) is 30.9 Å². The SMILES string of the molecule is COc1c(C)cc(C(=O)N2CC3CCC(N)C3C2)cc1C.Cl. The molecule has 2 aliphatic rings. The molecule has 1 aromatic rings. The lowest BCUT2D eigenvalue weighted by atomic mass is 9.98. The van der Waals surface area contributed by atoms with Crippen molar-refractivity contribution in [1.82, 2.24) is 4.90 Å². The molecule has 1 aromatic carbocycles. The van der Waals surface area contributed by atoms with Crippen molar-refractivity contribution >= 4 is 18.3 Å². The van der Waals surface area contributed by atoms with Gasteiger partial charge in [-0.1, -0.05) is 0 Å². The lowest BCUT2D eigenvalue weighted by Gasteiger charge is -2.20. The summed E-state index contributed by atoms with van der Waals surface area (Å²) in [5, 5.41) is 0. The minimum Gasteiger partial charge on any atom is -0.496 e. The summed E-state index contributed by atoms with van der Waals surface area (Å²) in [7, 11) is 1.67. The quantitative estimate of drug-likeness (QED) is 0.909. The molecule has 1 heterocycles. The van der Waals surface area contributed by atoms with Gasteiger partial charge in [0.05, 0.1) is 7.11 Å². The second kappa shape index (κ2) is 6.47. The van der Waals surface area contributed by atoms with E-state index in [-0.39, 0.29) is 24.4 Å². The number of hydrogen-bond acceptors (Lipinski definition) is 3. The van der Waals surface area contributed by atoms with E-state index >= 15 is 0 Å². The molecule has 1 aliphatic carbocycles. The molecule has 22 heavy (non-hydrogen) atoms. The van der Waals surface area contributed by atoms with Gasteiger partial charge in [0.15, 0.2) is 0 Å². The number of hydrogen-bond donors (Lipinski definition) is 1. The number of nitrogens with two attached hydrogens (primary N) is 1. The highest BCUT2D eigenvalue weighted by molar-refractivity contribution is 5.95. The van der Waals surface area contributed by atoms with Gasteiger partial charge in [0, 0.05) is 24.7 Å². The van der Waals surface area contributed by atoms with E-state index < -0.39 is 0 Å². The first-order valence-electron chi connectivity index (χ1n) is 7.71. The number of amides is 1. The van der Waals surface area contributed by atoms with Crippen molar-refractivity contribution in [3.05, 3.63) is 28.8 Å². The van der Waals surface area contributed by atoms with Gasteiger partial charge < -0.3 is 15.4 Å². The first-order valence-corrected chi connectivity index (χ1v) is 7.71. The fourth-order valence-corrected chi connectivity index (χ4v) is 4.05. The van der Waals surface area contributed by atoms with Gasteiger partial charge in [-0.05, 0) is 61.8 Å². The second-order valence-corrected chi connectivity index (χ2v) is 6.52. The molecule has 1 amide bonds. The van der Waals surface area contributed by atoms with Gasteiger partial charge >= 0.3 is 0 Å². The Kier molecular flexibility index (Phi) is 5.03. The molecule has 1 saturated carbocycles. The fraction of sp³-hybridized carbons (Fsp3) is 0.588. The Morgan fingerprint density at radius 3 is 2.41 bits per heavy atom. The van der Waals surface area contributed by atoms with Crippen LogP contribution in [0, 0.1) is 25.7 Å². The maximum absolute atomic E-state index is 12.7. The number of aryl methyl sites for hydroxylation is 2. The molecular formula is C17H25ClN2O2. The van der Waals surface area contributed by atoms with E-state index in [9.17, 15) is 4.79 Å². The Labute approximate surface area is 138 Å². The first-order chi connectivity index (χ1) is 10.0. The highest BCUT2D eigenvalue weighted by Gasteiger charge is 2.42. The van der Waals surface area contributed by atoms with Crippen LogP contribution in [0.5, 0.6) is 5.75 Å². The van der Waals surface area contributed by atoms with Crippen LogP contribution in [-0.2, 0) is 0 Å². The van der Waals surface area contributed by atoms with Gasteiger partial charge in [0.1, 0.15) is 5.75 Å². The molecule has 1 saturated heterocycles. The minimum atomic E-state index is 0. The summed E-state index contributed by atoms with van der Waals surface area (Å²) in [6.07, 6.45) is 2.27. The average Bonchev–Trinajstić information content (AvgIpc) is 3.00. The number of ether oxygens (including phenoxy) is 1. The molecule has 0 aromatic heterocycles. The van der Waals surface area contributed by atoms with E-state index in [1.165, 1.54) is 0 Å². The molecule has 5 heteroatoms. The van der Waals surface area contributed by atoms with Crippen LogP contribution in [0.4, 0.5) is 0 Å². The molecule has 3 atom stereocenters. The third-order valence-corrected chi connectivity index (χ3v) is 5.11. The summed E-state index contributed by atoms with van der Waals surface area (Å²) in [5.74, 6) is 2.09.